The van der Waals surface area contributed by atoms with E-state index in [-0.39, 0.29) is 18.4 Å². The summed E-state index contributed by atoms with van der Waals surface area (Å²) in [4.78, 5) is 0. The molecule has 1 aliphatic heterocycles. The van der Waals surface area contributed by atoms with E-state index in [9.17, 15) is 0 Å². The van der Waals surface area contributed by atoms with Crippen molar-refractivity contribution >= 4 is 0 Å². The van der Waals surface area contributed by atoms with Gasteiger partial charge in [0.05, 0.1) is 12.7 Å². The first-order valence-electron chi connectivity index (χ1n) is 8.49. The van der Waals surface area contributed by atoms with E-state index in [1.165, 1.54) is 16.7 Å². The third-order valence-corrected chi connectivity index (χ3v) is 4.89. The number of nitrogens with one attached hydrogen (secondary N) is 1. The molecule has 1 fully saturated rings. The number of hydrogen-bond donors (Lipinski definition) is 1. The maximum Gasteiger partial charge on any atom is 0.135 e. The lowest BCUT2D eigenvalue weighted by molar-refractivity contribution is 0.0481. The van der Waals surface area contributed by atoms with Crippen LogP contribution in [0.25, 0.3) is 0 Å². The number of epoxide rings is 1. The van der Waals surface area contributed by atoms with Crippen molar-refractivity contribution in [3.05, 3.63) is 59.2 Å². The van der Waals surface area contributed by atoms with Crippen LogP contribution < -0.4 is 5.32 Å². The van der Waals surface area contributed by atoms with Crippen molar-refractivity contribution in [1.82, 2.24) is 5.32 Å². The summed E-state index contributed by atoms with van der Waals surface area (Å²) in [7, 11) is 1.94. The molecule has 3 rings (SSSR count). The summed E-state index contributed by atoms with van der Waals surface area (Å²) in [5.74, 6) is 0.789. The van der Waals surface area contributed by atoms with Crippen molar-refractivity contribution in [1.29, 1.82) is 0 Å². The molecule has 5 unspecified atom stereocenters. The molecule has 1 saturated heterocycles. The Bertz CT molecular complexity index is 607. The van der Waals surface area contributed by atoms with Crippen molar-refractivity contribution in [2.45, 2.75) is 51.7 Å². The highest BCUT2D eigenvalue weighted by atomic mass is 16.6. The van der Waals surface area contributed by atoms with Gasteiger partial charge in [-0.15, -0.1) is 0 Å². The molecule has 1 N–H and O–H groups in total. The predicted molar refractivity (Wildman–Crippen MR) is 93.2 cm³/mol. The summed E-state index contributed by atoms with van der Waals surface area (Å²) in [5, 5.41) is 3.18. The Balaban J connectivity index is 1.68. The van der Waals surface area contributed by atoms with E-state index in [1.807, 2.05) is 7.05 Å². The molecule has 0 radical (unpaired) electrons. The fraction of sp³-hybridized carbons (Fsp3) is 0.500. The molecule has 0 bridgehead atoms. The van der Waals surface area contributed by atoms with Gasteiger partial charge in [0, 0.05) is 11.8 Å². The molecule has 0 amide bonds. The highest BCUT2D eigenvalue weighted by molar-refractivity contribution is 5.32. The molecule has 0 saturated carbocycles. The van der Waals surface area contributed by atoms with Crippen molar-refractivity contribution in [2.24, 2.45) is 5.92 Å². The molecule has 1 aromatic carbocycles. The molecular weight excluding hydrogens is 286 g/mol. The van der Waals surface area contributed by atoms with Gasteiger partial charge in [-0.05, 0) is 25.1 Å². The molecule has 1 heterocycles. The largest absolute Gasteiger partial charge is 0.369 e. The zero-order valence-corrected chi connectivity index (χ0v) is 14.5. The Morgan fingerprint density at radius 2 is 2.09 bits per heavy atom. The Hall–Kier alpha value is -1.42. The minimum absolute atomic E-state index is 0.158. The molecule has 1 aliphatic carbocycles. The third kappa shape index (κ3) is 3.74. The summed E-state index contributed by atoms with van der Waals surface area (Å²) >= 11 is 0. The lowest BCUT2D eigenvalue weighted by Crippen LogP contribution is -2.21. The van der Waals surface area contributed by atoms with Crippen LogP contribution in [-0.4, -0.2) is 25.5 Å². The highest BCUT2D eigenvalue weighted by Gasteiger charge is 2.42. The second kappa shape index (κ2) is 7.00. The van der Waals surface area contributed by atoms with E-state index in [2.05, 4.69) is 68.6 Å². The van der Waals surface area contributed by atoms with Crippen LogP contribution in [0.15, 0.2) is 48.1 Å². The van der Waals surface area contributed by atoms with Crippen LogP contribution in [0.5, 0.6) is 0 Å². The monoisotopic (exact) mass is 313 g/mol. The zero-order valence-electron chi connectivity index (χ0n) is 14.5. The second-order valence-electron chi connectivity index (χ2n) is 6.70. The van der Waals surface area contributed by atoms with Crippen molar-refractivity contribution in [3.63, 3.8) is 0 Å². The van der Waals surface area contributed by atoms with Crippen molar-refractivity contribution < 1.29 is 9.47 Å². The molecular formula is C20H27NO2. The van der Waals surface area contributed by atoms with E-state index in [4.69, 9.17) is 9.47 Å². The van der Waals surface area contributed by atoms with E-state index >= 15 is 0 Å². The third-order valence-electron chi connectivity index (χ3n) is 4.89. The molecule has 0 spiro atoms. The van der Waals surface area contributed by atoms with Crippen LogP contribution in [0, 0.1) is 5.92 Å². The normalized spacial score (nSPS) is 30.9. The van der Waals surface area contributed by atoms with Crippen LogP contribution in [0.4, 0.5) is 0 Å². The number of allylic oxidation sites excluding steroid dienone is 2. The first kappa shape index (κ1) is 16.4. The summed E-state index contributed by atoms with van der Waals surface area (Å²) in [6.45, 7) is 7.20. The fourth-order valence-corrected chi connectivity index (χ4v) is 3.29. The van der Waals surface area contributed by atoms with Crippen LogP contribution in [0.1, 0.15) is 37.8 Å². The molecule has 5 atom stereocenters. The van der Waals surface area contributed by atoms with Gasteiger partial charge in [0.25, 0.3) is 0 Å². The Labute approximate surface area is 139 Å². The van der Waals surface area contributed by atoms with Gasteiger partial charge in [-0.3, -0.25) is 5.32 Å². The van der Waals surface area contributed by atoms with Crippen molar-refractivity contribution in [2.75, 3.05) is 7.05 Å². The van der Waals surface area contributed by atoms with Gasteiger partial charge < -0.3 is 9.47 Å². The van der Waals surface area contributed by atoms with Gasteiger partial charge in [-0.1, -0.05) is 61.9 Å². The first-order valence-corrected chi connectivity index (χ1v) is 8.49. The Kier molecular flexibility index (Phi) is 5.00. The van der Waals surface area contributed by atoms with Crippen LogP contribution >= 0.6 is 0 Å². The van der Waals surface area contributed by atoms with Crippen molar-refractivity contribution in [3.8, 4) is 0 Å². The Morgan fingerprint density at radius 3 is 2.83 bits per heavy atom. The molecule has 1 aromatic rings. The van der Waals surface area contributed by atoms with Gasteiger partial charge in [-0.2, -0.15) is 0 Å². The SMILES string of the molecule is CNC1OC1C(C)c1ccccc1COC1C=C(C)C=CC1C. The zero-order chi connectivity index (χ0) is 16.4. The first-order chi connectivity index (χ1) is 11.1. The van der Waals surface area contributed by atoms with Gasteiger partial charge in [0.15, 0.2) is 0 Å². The smallest absolute Gasteiger partial charge is 0.135 e. The number of benzene rings is 1. The summed E-state index contributed by atoms with van der Waals surface area (Å²) < 4.78 is 11.9. The highest BCUT2D eigenvalue weighted by Crippen LogP contribution is 2.36. The number of rotatable bonds is 6. The van der Waals surface area contributed by atoms with Gasteiger partial charge >= 0.3 is 0 Å². The van der Waals surface area contributed by atoms with Gasteiger partial charge in [-0.25, -0.2) is 0 Å². The van der Waals surface area contributed by atoms with E-state index in [0.717, 1.165) is 0 Å². The summed E-state index contributed by atoms with van der Waals surface area (Å²) in [6.07, 6.45) is 7.23. The van der Waals surface area contributed by atoms with E-state index < -0.39 is 0 Å². The molecule has 3 heteroatoms. The number of hydrogen-bond acceptors (Lipinski definition) is 3. The molecule has 3 nitrogen and oxygen atoms in total. The minimum atomic E-state index is 0.158. The molecule has 23 heavy (non-hydrogen) atoms. The number of ether oxygens (including phenoxy) is 2. The maximum absolute atomic E-state index is 6.21. The fourth-order valence-electron chi connectivity index (χ4n) is 3.29. The van der Waals surface area contributed by atoms with Crippen LogP contribution in [0.2, 0.25) is 0 Å². The standard InChI is InChI=1S/C20H27NO2/c1-13-9-10-14(2)18(11-13)22-12-16-7-5-6-8-17(16)15(3)19-20(21-4)23-19/h5-11,14-15,18-21H,12H2,1-4H3. The molecule has 2 aliphatic rings. The summed E-state index contributed by atoms with van der Waals surface area (Å²) in [6, 6.07) is 8.55. The number of likely N-dealkylation sites (N-methyl/N-ethyl adjacent to an activating group) is 1. The average Bonchev–Trinajstić information content (AvgIpc) is 3.35. The molecule has 124 valence electrons. The van der Waals surface area contributed by atoms with E-state index in [1.54, 1.807) is 0 Å². The van der Waals surface area contributed by atoms with Gasteiger partial charge in [0.1, 0.15) is 12.3 Å². The average molecular weight is 313 g/mol. The summed E-state index contributed by atoms with van der Waals surface area (Å²) in [5.41, 5.74) is 3.87. The topological polar surface area (TPSA) is 33.8 Å². The lowest BCUT2D eigenvalue weighted by Gasteiger charge is -2.24. The quantitative estimate of drug-likeness (QED) is 0.812. The Morgan fingerprint density at radius 1 is 1.30 bits per heavy atom. The minimum Gasteiger partial charge on any atom is -0.369 e. The van der Waals surface area contributed by atoms with Crippen LogP contribution in [-0.2, 0) is 16.1 Å². The van der Waals surface area contributed by atoms with Gasteiger partial charge in [0.2, 0.25) is 0 Å². The maximum atomic E-state index is 6.21. The van der Waals surface area contributed by atoms with Crippen LogP contribution in [0.3, 0.4) is 0 Å². The van der Waals surface area contributed by atoms with E-state index in [0.29, 0.717) is 18.4 Å². The lowest BCUT2D eigenvalue weighted by atomic mass is 9.92. The molecule has 0 aromatic heterocycles. The predicted octanol–water partition coefficient (Wildman–Crippen LogP) is 3.77. The second-order valence-corrected chi connectivity index (χ2v) is 6.70.